The predicted octanol–water partition coefficient (Wildman–Crippen LogP) is 2.88. The molecule has 3 aliphatic rings. The van der Waals surface area contributed by atoms with Crippen LogP contribution in [-0.2, 0) is 4.79 Å². The van der Waals surface area contributed by atoms with Crippen LogP contribution in [-0.4, -0.2) is 22.9 Å². The van der Waals surface area contributed by atoms with Crippen molar-refractivity contribution in [3.05, 3.63) is 12.7 Å². The van der Waals surface area contributed by atoms with E-state index in [1.165, 1.54) is 12.8 Å². The molecule has 3 heteroatoms. The predicted molar refractivity (Wildman–Crippen MR) is 73.0 cm³/mol. The molecule has 0 aromatic heterocycles. The van der Waals surface area contributed by atoms with Crippen LogP contribution in [0, 0.1) is 28.6 Å². The molecule has 102 valence electrons. The first kappa shape index (κ1) is 12.7. The third kappa shape index (κ3) is 1.81. The largest absolute Gasteiger partial charge is 0.323 e. The molecule has 4 atom stereocenters. The highest BCUT2D eigenvalue weighted by Crippen LogP contribution is 2.51. The van der Waals surface area contributed by atoms with Crippen molar-refractivity contribution in [1.82, 2.24) is 4.90 Å². The zero-order valence-electron chi connectivity index (χ0n) is 11.6. The Labute approximate surface area is 115 Å². The number of rotatable bonds is 3. The van der Waals surface area contributed by atoms with Crippen molar-refractivity contribution in [2.75, 3.05) is 0 Å². The molecule has 1 amide bonds. The van der Waals surface area contributed by atoms with Crippen LogP contribution < -0.4 is 0 Å². The van der Waals surface area contributed by atoms with Crippen LogP contribution in [0.5, 0.6) is 0 Å². The first-order valence-electron chi connectivity index (χ1n) is 7.48. The van der Waals surface area contributed by atoms with Gasteiger partial charge in [0, 0.05) is 12.0 Å². The monoisotopic (exact) mass is 258 g/mol. The highest BCUT2D eigenvalue weighted by atomic mass is 16.2. The van der Waals surface area contributed by atoms with E-state index in [0.29, 0.717) is 12.0 Å². The maximum absolute atomic E-state index is 12.8. The van der Waals surface area contributed by atoms with E-state index >= 15 is 0 Å². The fourth-order valence-corrected chi connectivity index (χ4v) is 4.21. The fraction of sp³-hybridized carbons (Fsp3) is 0.750. The lowest BCUT2D eigenvalue weighted by Gasteiger charge is -2.35. The van der Waals surface area contributed by atoms with Gasteiger partial charge in [0.2, 0.25) is 5.91 Å². The molecular weight excluding hydrogens is 236 g/mol. The second kappa shape index (κ2) is 4.37. The number of hydrogen-bond acceptors (Lipinski definition) is 2. The number of likely N-dealkylation sites (tertiary alicyclic amines) is 1. The molecule has 1 saturated heterocycles. The van der Waals surface area contributed by atoms with E-state index in [1.54, 1.807) is 0 Å². The lowest BCUT2D eigenvalue weighted by Crippen LogP contribution is -2.45. The van der Waals surface area contributed by atoms with Crippen molar-refractivity contribution in [3.8, 4) is 6.07 Å². The average molecular weight is 258 g/mol. The number of piperidine rings is 1. The van der Waals surface area contributed by atoms with E-state index in [0.717, 1.165) is 25.7 Å². The van der Waals surface area contributed by atoms with Crippen LogP contribution in [0.25, 0.3) is 0 Å². The molecule has 3 nitrogen and oxygen atoms in total. The minimum absolute atomic E-state index is 0.0237. The van der Waals surface area contributed by atoms with Crippen molar-refractivity contribution < 1.29 is 4.79 Å². The molecule has 1 heterocycles. The van der Waals surface area contributed by atoms with E-state index < -0.39 is 0 Å². The lowest BCUT2D eigenvalue weighted by molar-refractivity contribution is -0.139. The summed E-state index contributed by atoms with van der Waals surface area (Å²) in [5.41, 5.74) is -0.0237. The van der Waals surface area contributed by atoms with Gasteiger partial charge < -0.3 is 4.90 Å². The van der Waals surface area contributed by atoms with Gasteiger partial charge in [-0.3, -0.25) is 4.79 Å². The van der Waals surface area contributed by atoms with Gasteiger partial charge in [0.25, 0.3) is 0 Å². The summed E-state index contributed by atoms with van der Waals surface area (Å²) >= 11 is 0. The summed E-state index contributed by atoms with van der Waals surface area (Å²) in [5.74, 6) is 0.769. The first-order chi connectivity index (χ1) is 9.13. The van der Waals surface area contributed by atoms with Gasteiger partial charge in [-0.05, 0) is 37.0 Å². The summed E-state index contributed by atoms with van der Waals surface area (Å²) in [6, 6.07) is 2.50. The average Bonchev–Trinajstić information content (AvgIpc) is 2.91. The molecule has 1 unspecified atom stereocenters. The van der Waals surface area contributed by atoms with E-state index in [1.807, 2.05) is 17.9 Å². The normalized spacial score (nSPS) is 36.4. The molecule has 2 saturated carbocycles. The molecule has 0 aromatic carbocycles. The van der Waals surface area contributed by atoms with Crippen molar-refractivity contribution >= 4 is 5.91 Å². The van der Waals surface area contributed by atoms with Crippen molar-refractivity contribution in [3.63, 3.8) is 0 Å². The molecule has 0 radical (unpaired) electrons. The first-order valence-corrected chi connectivity index (χ1v) is 7.48. The summed E-state index contributed by atoms with van der Waals surface area (Å²) < 4.78 is 0. The van der Waals surface area contributed by atoms with Gasteiger partial charge in [-0.25, -0.2) is 0 Å². The molecule has 2 aliphatic carbocycles. The van der Waals surface area contributed by atoms with Gasteiger partial charge in [0.15, 0.2) is 0 Å². The van der Waals surface area contributed by atoms with Gasteiger partial charge in [-0.15, -0.1) is 6.58 Å². The van der Waals surface area contributed by atoms with Crippen LogP contribution in [0.1, 0.15) is 45.4 Å². The number of nitriles is 1. The number of allylic oxidation sites excluding steroid dienone is 1. The number of carbonyl (C=O) groups is 1. The molecule has 0 N–H and O–H groups in total. The molecule has 0 spiro atoms. The molecule has 1 aliphatic heterocycles. The minimum Gasteiger partial charge on any atom is -0.323 e. The highest BCUT2D eigenvalue weighted by Gasteiger charge is 2.56. The van der Waals surface area contributed by atoms with Crippen LogP contribution in [0.15, 0.2) is 12.7 Å². The number of hydrogen-bond donors (Lipinski definition) is 0. The van der Waals surface area contributed by atoms with Crippen LogP contribution in [0.2, 0.25) is 0 Å². The third-order valence-electron chi connectivity index (χ3n) is 5.68. The molecule has 0 aromatic rings. The van der Waals surface area contributed by atoms with E-state index in [4.69, 9.17) is 0 Å². The Balaban J connectivity index is 1.80. The van der Waals surface area contributed by atoms with Gasteiger partial charge in [-0.1, -0.05) is 25.8 Å². The summed E-state index contributed by atoms with van der Waals surface area (Å²) in [6.07, 6.45) is 8.53. The second-order valence-electron chi connectivity index (χ2n) is 6.56. The summed E-state index contributed by atoms with van der Waals surface area (Å²) in [6.45, 7) is 6.02. The standard InChI is InChI=1S/C16H22N2O/c1-3-16(6-4-5-7-16)11(2)15(19)18-13(10-17)8-12-9-14(12)18/h3,11-14H,1,4-9H2,2H3/t11-,12-,13?,14+/m1/s1. The molecule has 0 bridgehead atoms. The Hall–Kier alpha value is -1.30. The minimum atomic E-state index is -0.179. The van der Waals surface area contributed by atoms with Gasteiger partial charge >= 0.3 is 0 Å². The van der Waals surface area contributed by atoms with Gasteiger partial charge in [-0.2, -0.15) is 5.26 Å². The molecule has 3 fully saturated rings. The zero-order valence-corrected chi connectivity index (χ0v) is 11.6. The molecular formula is C16H22N2O. The third-order valence-corrected chi connectivity index (χ3v) is 5.68. The summed E-state index contributed by atoms with van der Waals surface area (Å²) in [7, 11) is 0. The van der Waals surface area contributed by atoms with Crippen LogP contribution >= 0.6 is 0 Å². The van der Waals surface area contributed by atoms with E-state index in [2.05, 4.69) is 12.6 Å². The number of nitrogens with zero attached hydrogens (tertiary/aromatic N) is 2. The Morgan fingerprint density at radius 3 is 2.74 bits per heavy atom. The van der Waals surface area contributed by atoms with Crippen molar-refractivity contribution in [1.29, 1.82) is 5.26 Å². The van der Waals surface area contributed by atoms with Crippen molar-refractivity contribution in [2.45, 2.75) is 57.5 Å². The van der Waals surface area contributed by atoms with E-state index in [-0.39, 0.29) is 23.3 Å². The summed E-state index contributed by atoms with van der Waals surface area (Å²) in [5, 5.41) is 9.23. The van der Waals surface area contributed by atoms with Crippen LogP contribution in [0.3, 0.4) is 0 Å². The van der Waals surface area contributed by atoms with Crippen LogP contribution in [0.4, 0.5) is 0 Å². The number of amides is 1. The maximum Gasteiger partial charge on any atom is 0.227 e. The van der Waals surface area contributed by atoms with Gasteiger partial charge in [0.1, 0.15) is 6.04 Å². The van der Waals surface area contributed by atoms with Gasteiger partial charge in [0.05, 0.1) is 6.07 Å². The quantitative estimate of drug-likeness (QED) is 0.731. The van der Waals surface area contributed by atoms with Crippen molar-refractivity contribution in [2.24, 2.45) is 17.3 Å². The number of carbonyl (C=O) groups excluding carboxylic acids is 1. The SMILES string of the molecule is C=CC1([C@H](C)C(=O)N2C(C#N)C[C@@H]3C[C@@H]32)CCCC1. The second-order valence-corrected chi connectivity index (χ2v) is 6.56. The summed E-state index contributed by atoms with van der Waals surface area (Å²) in [4.78, 5) is 14.7. The molecule has 3 rings (SSSR count). The van der Waals surface area contributed by atoms with E-state index in [9.17, 15) is 10.1 Å². The number of fused-ring (bicyclic) bond motifs is 1. The Kier molecular flexibility index (Phi) is 2.92. The smallest absolute Gasteiger partial charge is 0.227 e. The lowest BCUT2D eigenvalue weighted by atomic mass is 9.74. The highest BCUT2D eigenvalue weighted by molar-refractivity contribution is 5.81. The Bertz CT molecular complexity index is 444. The molecule has 19 heavy (non-hydrogen) atoms. The zero-order chi connectivity index (χ0) is 13.6. The maximum atomic E-state index is 12.8. The topological polar surface area (TPSA) is 44.1 Å². The Morgan fingerprint density at radius 2 is 2.16 bits per heavy atom. The fourth-order valence-electron chi connectivity index (χ4n) is 4.21. The Morgan fingerprint density at radius 1 is 1.47 bits per heavy atom.